The summed E-state index contributed by atoms with van der Waals surface area (Å²) in [5, 5.41) is 13.8. The lowest BCUT2D eigenvalue weighted by atomic mass is 10.1. The summed E-state index contributed by atoms with van der Waals surface area (Å²) in [5.74, 6) is 1.28. The Morgan fingerprint density at radius 3 is 1.89 bits per heavy atom. The zero-order valence-electron chi connectivity index (χ0n) is 15.1. The van der Waals surface area contributed by atoms with E-state index < -0.39 is 0 Å². The lowest BCUT2D eigenvalue weighted by Gasteiger charge is -2.11. The molecule has 0 aliphatic carbocycles. The molecule has 0 aromatic heterocycles. The molecule has 0 aliphatic rings. The average molecular weight is 366 g/mol. The van der Waals surface area contributed by atoms with Gasteiger partial charge < -0.3 is 15.2 Å². The molecule has 136 valence electrons. The summed E-state index contributed by atoms with van der Waals surface area (Å²) in [5.41, 5.74) is 6.30. The molecule has 4 aromatic rings. The van der Waals surface area contributed by atoms with Crippen LogP contribution < -0.4 is 15.2 Å². The van der Waals surface area contributed by atoms with Crippen LogP contribution >= 0.6 is 0 Å². The van der Waals surface area contributed by atoms with Gasteiger partial charge in [-0.25, -0.2) is 0 Å². The van der Waals surface area contributed by atoms with Gasteiger partial charge in [0.05, 0.1) is 0 Å². The third kappa shape index (κ3) is 3.74. The quantitative estimate of drug-likeness (QED) is 0.392. The van der Waals surface area contributed by atoms with Crippen molar-refractivity contribution in [1.82, 2.24) is 0 Å². The fraction of sp³-hybridized carbons (Fsp3) is 0.0417. The second-order valence-electron chi connectivity index (χ2n) is 6.37. The van der Waals surface area contributed by atoms with Crippen molar-refractivity contribution >= 4 is 21.5 Å². The normalized spacial score (nSPS) is 11.7. The number of rotatable bonds is 5. The molecule has 0 unspecified atom stereocenters. The van der Waals surface area contributed by atoms with Crippen LogP contribution in [-0.2, 0) is 0 Å². The molecule has 0 atom stereocenters. The fourth-order valence-corrected chi connectivity index (χ4v) is 2.99. The highest BCUT2D eigenvalue weighted by molar-refractivity contribution is 5.84. The maximum Gasteiger partial charge on any atom is 0.226 e. The summed E-state index contributed by atoms with van der Waals surface area (Å²) in [6, 6.07) is 29.4. The maximum absolute atomic E-state index is 9.44. The fourth-order valence-electron chi connectivity index (χ4n) is 2.99. The van der Waals surface area contributed by atoms with Crippen molar-refractivity contribution < 1.29 is 9.47 Å². The number of hydrogen-bond acceptors (Lipinski definition) is 4. The van der Waals surface area contributed by atoms with Crippen molar-refractivity contribution in [3.63, 3.8) is 0 Å². The lowest BCUT2D eigenvalue weighted by Crippen LogP contribution is -2.14. The van der Waals surface area contributed by atoms with Gasteiger partial charge in [-0.1, -0.05) is 60.7 Å². The highest BCUT2D eigenvalue weighted by Gasteiger charge is 2.08. The van der Waals surface area contributed by atoms with E-state index in [4.69, 9.17) is 15.2 Å². The van der Waals surface area contributed by atoms with Gasteiger partial charge in [-0.15, -0.1) is 0 Å². The number of benzene rings is 4. The first-order chi connectivity index (χ1) is 13.7. The number of allylic oxidation sites excluding steroid dienone is 1. The molecule has 0 saturated heterocycles. The minimum absolute atomic E-state index is 0.0380. The zero-order valence-corrected chi connectivity index (χ0v) is 15.1. The summed E-state index contributed by atoms with van der Waals surface area (Å²) in [4.78, 5) is 0. The van der Waals surface area contributed by atoms with E-state index in [9.17, 15) is 5.26 Å². The Labute approximate surface area is 163 Å². The van der Waals surface area contributed by atoms with E-state index in [0.29, 0.717) is 11.5 Å². The third-order valence-corrected chi connectivity index (χ3v) is 4.45. The molecule has 4 aromatic carbocycles. The molecule has 0 aliphatic heterocycles. The molecule has 0 fully saturated rings. The number of ether oxygens (including phenoxy) is 2. The lowest BCUT2D eigenvalue weighted by molar-refractivity contribution is 0.339. The molecule has 0 saturated carbocycles. The largest absolute Gasteiger partial charge is 0.487 e. The van der Waals surface area contributed by atoms with E-state index >= 15 is 0 Å². The molecule has 4 heteroatoms. The van der Waals surface area contributed by atoms with Gasteiger partial charge in [-0.05, 0) is 45.8 Å². The van der Waals surface area contributed by atoms with Crippen molar-refractivity contribution in [2.75, 3.05) is 6.61 Å². The topological polar surface area (TPSA) is 68.3 Å². The Balaban J connectivity index is 1.50. The number of nitrogens with zero attached hydrogens (tertiary/aromatic N) is 1. The smallest absolute Gasteiger partial charge is 0.226 e. The van der Waals surface area contributed by atoms with Crippen molar-refractivity contribution in [2.45, 2.75) is 0 Å². The Kier molecular flexibility index (Phi) is 4.81. The average Bonchev–Trinajstić information content (AvgIpc) is 2.75. The van der Waals surface area contributed by atoms with Gasteiger partial charge in [0.15, 0.2) is 0 Å². The Bertz CT molecular complexity index is 1220. The monoisotopic (exact) mass is 366 g/mol. The van der Waals surface area contributed by atoms with Gasteiger partial charge in [-0.2, -0.15) is 5.26 Å². The molecular formula is C24H18N2O2. The molecule has 0 heterocycles. The van der Waals surface area contributed by atoms with Gasteiger partial charge in [0.1, 0.15) is 29.9 Å². The van der Waals surface area contributed by atoms with Gasteiger partial charge in [-0.3, -0.25) is 0 Å². The summed E-state index contributed by atoms with van der Waals surface area (Å²) in [6.45, 7) is 0.0643. The molecule has 2 N–H and O–H groups in total. The van der Waals surface area contributed by atoms with Gasteiger partial charge in [0.2, 0.25) is 5.76 Å². The molecule has 4 rings (SSSR count). The maximum atomic E-state index is 9.44. The van der Waals surface area contributed by atoms with E-state index in [1.807, 2.05) is 91.0 Å². The summed E-state index contributed by atoms with van der Waals surface area (Å²) in [6.07, 6.45) is 0. The minimum Gasteiger partial charge on any atom is -0.487 e. The zero-order chi connectivity index (χ0) is 19.3. The first-order valence-corrected chi connectivity index (χ1v) is 8.90. The van der Waals surface area contributed by atoms with Crippen LogP contribution in [0.2, 0.25) is 0 Å². The number of nitriles is 1. The number of fused-ring (bicyclic) bond motifs is 2. The Morgan fingerprint density at radius 1 is 0.750 bits per heavy atom. The van der Waals surface area contributed by atoms with Crippen LogP contribution in [0.15, 0.2) is 96.4 Å². The van der Waals surface area contributed by atoms with Crippen LogP contribution in [0.5, 0.6) is 11.5 Å². The van der Waals surface area contributed by atoms with Crippen molar-refractivity contribution in [1.29, 1.82) is 5.26 Å². The van der Waals surface area contributed by atoms with Crippen LogP contribution in [0, 0.1) is 11.3 Å². The van der Waals surface area contributed by atoms with E-state index in [1.54, 1.807) is 0 Å². The summed E-state index contributed by atoms with van der Waals surface area (Å²) < 4.78 is 11.5. The molecule has 0 bridgehead atoms. The highest BCUT2D eigenvalue weighted by Crippen LogP contribution is 2.23. The Hall–Kier alpha value is -3.97. The molecule has 4 nitrogen and oxygen atoms in total. The second kappa shape index (κ2) is 7.73. The predicted molar refractivity (Wildman–Crippen MR) is 111 cm³/mol. The molecule has 0 spiro atoms. The summed E-state index contributed by atoms with van der Waals surface area (Å²) in [7, 11) is 0. The van der Waals surface area contributed by atoms with Crippen molar-refractivity contribution in [3.05, 3.63) is 96.4 Å². The second-order valence-corrected chi connectivity index (χ2v) is 6.37. The van der Waals surface area contributed by atoms with Gasteiger partial charge >= 0.3 is 0 Å². The van der Waals surface area contributed by atoms with E-state index in [0.717, 1.165) is 21.5 Å². The number of hydrogen-bond donors (Lipinski definition) is 1. The highest BCUT2D eigenvalue weighted by atomic mass is 16.5. The first-order valence-electron chi connectivity index (χ1n) is 8.90. The van der Waals surface area contributed by atoms with Crippen LogP contribution in [0.4, 0.5) is 0 Å². The van der Waals surface area contributed by atoms with Gasteiger partial charge in [0, 0.05) is 0 Å². The van der Waals surface area contributed by atoms with Crippen molar-refractivity contribution in [2.24, 2.45) is 5.73 Å². The molecule has 28 heavy (non-hydrogen) atoms. The van der Waals surface area contributed by atoms with Gasteiger partial charge in [0.25, 0.3) is 0 Å². The van der Waals surface area contributed by atoms with Crippen LogP contribution in [0.1, 0.15) is 0 Å². The summed E-state index contributed by atoms with van der Waals surface area (Å²) >= 11 is 0. The third-order valence-electron chi connectivity index (χ3n) is 4.45. The minimum atomic E-state index is 0.0380. The predicted octanol–water partition coefficient (Wildman–Crippen LogP) is 5.14. The van der Waals surface area contributed by atoms with E-state index in [1.165, 1.54) is 0 Å². The van der Waals surface area contributed by atoms with Crippen LogP contribution in [-0.4, -0.2) is 6.61 Å². The van der Waals surface area contributed by atoms with E-state index in [2.05, 4.69) is 0 Å². The Morgan fingerprint density at radius 2 is 1.29 bits per heavy atom. The molecule has 0 radical (unpaired) electrons. The van der Waals surface area contributed by atoms with Crippen LogP contribution in [0.3, 0.4) is 0 Å². The first kappa shape index (κ1) is 17.4. The molecular weight excluding hydrogens is 348 g/mol. The molecule has 0 amide bonds. The number of nitrogens with two attached hydrogens (primary N) is 1. The van der Waals surface area contributed by atoms with Crippen molar-refractivity contribution in [3.8, 4) is 17.6 Å². The van der Waals surface area contributed by atoms with E-state index in [-0.39, 0.29) is 18.1 Å². The standard InChI is InChI=1S/C24H18N2O2/c25-15-24(28-22-12-10-18-6-2-4-8-20(18)14-22)23(26)16-27-21-11-9-17-5-1-3-7-19(17)13-21/h1-14H,16,26H2/b24-23-. The SMILES string of the molecule is N#C/C(Oc1ccc2ccccc2c1)=C(/N)COc1ccc2ccccc2c1. The van der Waals surface area contributed by atoms with Crippen LogP contribution in [0.25, 0.3) is 21.5 Å².